The summed E-state index contributed by atoms with van der Waals surface area (Å²) < 4.78 is 42.8. The van der Waals surface area contributed by atoms with Crippen molar-refractivity contribution < 1.29 is 23.1 Å². The Bertz CT molecular complexity index is 280. The molecule has 0 radical (unpaired) electrons. The van der Waals surface area contributed by atoms with Crippen LogP contribution in [0.2, 0.25) is 0 Å². The molecule has 0 spiro atoms. The van der Waals surface area contributed by atoms with E-state index in [1.165, 1.54) is 12.8 Å². The summed E-state index contributed by atoms with van der Waals surface area (Å²) in [4.78, 5) is 0. The molecule has 0 amide bonds. The molecule has 1 aliphatic rings. The first kappa shape index (κ1) is 15.0. The van der Waals surface area contributed by atoms with Crippen LogP contribution in [0.15, 0.2) is 5.16 Å². The number of amidine groups is 1. The van der Waals surface area contributed by atoms with Crippen LogP contribution in [0.5, 0.6) is 0 Å². The first-order chi connectivity index (χ1) is 8.45. The summed E-state index contributed by atoms with van der Waals surface area (Å²) in [6.07, 6.45) is -2.18. The minimum absolute atomic E-state index is 0.304. The number of nitrogens with zero attached hydrogens (tertiary/aromatic N) is 1. The number of oxime groups is 1. The molecule has 18 heavy (non-hydrogen) atoms. The van der Waals surface area contributed by atoms with Gasteiger partial charge >= 0.3 is 6.18 Å². The molecule has 0 bridgehead atoms. The Labute approximate surface area is 103 Å². The van der Waals surface area contributed by atoms with Gasteiger partial charge in [-0.3, -0.25) is 0 Å². The van der Waals surface area contributed by atoms with Crippen molar-refractivity contribution in [3.63, 3.8) is 0 Å². The fourth-order valence-electron chi connectivity index (χ4n) is 1.38. The number of alkyl halides is 3. The zero-order valence-electron chi connectivity index (χ0n) is 9.91. The van der Waals surface area contributed by atoms with E-state index < -0.39 is 24.5 Å². The zero-order valence-corrected chi connectivity index (χ0v) is 9.91. The summed E-state index contributed by atoms with van der Waals surface area (Å²) in [5.74, 6) is -2.19. The van der Waals surface area contributed by atoms with Gasteiger partial charge in [-0.15, -0.1) is 0 Å². The van der Waals surface area contributed by atoms with Gasteiger partial charge in [0, 0.05) is 19.7 Å². The predicted molar refractivity (Wildman–Crippen MR) is 59.4 cm³/mol. The van der Waals surface area contributed by atoms with E-state index in [9.17, 15) is 13.2 Å². The minimum Gasteiger partial charge on any atom is -0.409 e. The lowest BCUT2D eigenvalue weighted by atomic mass is 10.1. The van der Waals surface area contributed by atoms with Crippen molar-refractivity contribution in [2.45, 2.75) is 19.0 Å². The highest BCUT2D eigenvalue weighted by molar-refractivity contribution is 5.83. The number of halogens is 3. The van der Waals surface area contributed by atoms with Gasteiger partial charge in [-0.1, -0.05) is 5.16 Å². The normalized spacial score (nSPS) is 18.9. The molecule has 4 N–H and O–H groups in total. The lowest BCUT2D eigenvalue weighted by Crippen LogP contribution is -2.43. The maximum atomic E-state index is 12.5. The van der Waals surface area contributed by atoms with Gasteiger partial charge in [0.05, 0.1) is 6.61 Å². The molecule has 106 valence electrons. The van der Waals surface area contributed by atoms with Gasteiger partial charge in [-0.25, -0.2) is 0 Å². The fourth-order valence-corrected chi connectivity index (χ4v) is 1.38. The second-order valence-electron chi connectivity index (χ2n) is 4.34. The van der Waals surface area contributed by atoms with Gasteiger partial charge in [0.25, 0.3) is 0 Å². The van der Waals surface area contributed by atoms with Crippen LogP contribution in [0.4, 0.5) is 13.2 Å². The molecule has 0 saturated heterocycles. The second kappa shape index (κ2) is 6.79. The van der Waals surface area contributed by atoms with Crippen LogP contribution in [0.1, 0.15) is 12.8 Å². The van der Waals surface area contributed by atoms with Crippen LogP contribution >= 0.6 is 0 Å². The number of nitrogens with two attached hydrogens (primary N) is 1. The minimum atomic E-state index is -4.53. The molecular formula is C10H18F3N3O2. The Kier molecular flexibility index (Phi) is 5.67. The average molecular weight is 269 g/mol. The molecule has 1 fully saturated rings. The van der Waals surface area contributed by atoms with Gasteiger partial charge in [-0.2, -0.15) is 13.2 Å². The molecule has 1 rings (SSSR count). The Hall–Kier alpha value is -1.02. The van der Waals surface area contributed by atoms with E-state index in [0.717, 1.165) is 0 Å². The number of hydrogen-bond acceptors (Lipinski definition) is 4. The monoisotopic (exact) mass is 269 g/mol. The molecule has 0 aromatic carbocycles. The van der Waals surface area contributed by atoms with Crippen molar-refractivity contribution in [2.75, 3.05) is 26.3 Å². The Balaban J connectivity index is 2.16. The molecule has 1 unspecified atom stereocenters. The highest BCUT2D eigenvalue weighted by Crippen LogP contribution is 2.28. The van der Waals surface area contributed by atoms with Gasteiger partial charge in [0.15, 0.2) is 5.84 Å². The lowest BCUT2D eigenvalue weighted by molar-refractivity contribution is -0.155. The van der Waals surface area contributed by atoms with Crippen LogP contribution in [-0.4, -0.2) is 43.5 Å². The lowest BCUT2D eigenvalue weighted by Gasteiger charge is -2.19. The van der Waals surface area contributed by atoms with E-state index in [-0.39, 0.29) is 0 Å². The topological polar surface area (TPSA) is 79.9 Å². The number of ether oxygens (including phenoxy) is 1. The molecular weight excluding hydrogens is 251 g/mol. The average Bonchev–Trinajstić information content (AvgIpc) is 3.09. The summed E-state index contributed by atoms with van der Waals surface area (Å²) in [6, 6.07) is 0. The van der Waals surface area contributed by atoms with Crippen LogP contribution in [0.25, 0.3) is 0 Å². The van der Waals surface area contributed by atoms with Crippen molar-refractivity contribution in [3.8, 4) is 0 Å². The Morgan fingerprint density at radius 1 is 1.50 bits per heavy atom. The smallest absolute Gasteiger partial charge is 0.400 e. The van der Waals surface area contributed by atoms with Crippen molar-refractivity contribution in [1.82, 2.24) is 5.32 Å². The molecule has 8 heteroatoms. The summed E-state index contributed by atoms with van der Waals surface area (Å²) in [5.41, 5.74) is 5.00. The third kappa shape index (κ3) is 5.54. The first-order valence-corrected chi connectivity index (χ1v) is 5.77. The zero-order chi connectivity index (χ0) is 13.6. The maximum absolute atomic E-state index is 12.5. The SMILES string of the molecule is NC(=NO)C(CNCCOCC1CC1)C(F)(F)F. The van der Waals surface area contributed by atoms with Crippen molar-refractivity contribution >= 4 is 5.84 Å². The van der Waals surface area contributed by atoms with Crippen LogP contribution in [-0.2, 0) is 4.74 Å². The number of hydrogen-bond donors (Lipinski definition) is 3. The maximum Gasteiger partial charge on any atom is 0.400 e. The predicted octanol–water partition coefficient (Wildman–Crippen LogP) is 0.927. The van der Waals surface area contributed by atoms with E-state index in [2.05, 4.69) is 10.5 Å². The van der Waals surface area contributed by atoms with Gasteiger partial charge in [0.2, 0.25) is 0 Å². The summed E-state index contributed by atoms with van der Waals surface area (Å²) in [6.45, 7) is 0.909. The fraction of sp³-hybridized carbons (Fsp3) is 0.900. The van der Waals surface area contributed by atoms with E-state index in [1.54, 1.807) is 0 Å². The van der Waals surface area contributed by atoms with Crippen LogP contribution in [0, 0.1) is 11.8 Å². The first-order valence-electron chi connectivity index (χ1n) is 5.77. The third-order valence-corrected chi connectivity index (χ3v) is 2.69. The van der Waals surface area contributed by atoms with Gasteiger partial charge < -0.3 is 21.0 Å². The van der Waals surface area contributed by atoms with Crippen LogP contribution < -0.4 is 11.1 Å². The molecule has 0 heterocycles. The summed E-state index contributed by atoms with van der Waals surface area (Å²) >= 11 is 0. The largest absolute Gasteiger partial charge is 0.409 e. The van der Waals surface area contributed by atoms with Crippen molar-refractivity contribution in [3.05, 3.63) is 0 Å². The highest BCUT2D eigenvalue weighted by atomic mass is 19.4. The van der Waals surface area contributed by atoms with E-state index in [1.807, 2.05) is 0 Å². The molecule has 1 saturated carbocycles. The number of nitrogens with one attached hydrogen (secondary N) is 1. The highest BCUT2D eigenvalue weighted by Gasteiger charge is 2.42. The van der Waals surface area contributed by atoms with E-state index in [0.29, 0.717) is 25.7 Å². The third-order valence-electron chi connectivity index (χ3n) is 2.69. The number of rotatable bonds is 8. The molecule has 0 aliphatic heterocycles. The Morgan fingerprint density at radius 3 is 2.67 bits per heavy atom. The van der Waals surface area contributed by atoms with Crippen LogP contribution in [0.3, 0.4) is 0 Å². The standard InChI is InChI=1S/C10H18F3N3O2/c11-10(12,13)8(9(14)16-17)5-15-3-4-18-6-7-1-2-7/h7-8,15,17H,1-6H2,(H2,14,16). The van der Waals surface area contributed by atoms with E-state index >= 15 is 0 Å². The van der Waals surface area contributed by atoms with E-state index in [4.69, 9.17) is 15.7 Å². The molecule has 5 nitrogen and oxygen atoms in total. The second-order valence-corrected chi connectivity index (χ2v) is 4.34. The van der Waals surface area contributed by atoms with Gasteiger partial charge in [0.1, 0.15) is 5.92 Å². The molecule has 1 atom stereocenters. The molecule has 0 aromatic rings. The Morgan fingerprint density at radius 2 is 2.17 bits per heavy atom. The molecule has 0 aromatic heterocycles. The van der Waals surface area contributed by atoms with Crippen molar-refractivity contribution in [2.24, 2.45) is 22.7 Å². The van der Waals surface area contributed by atoms with Gasteiger partial charge in [-0.05, 0) is 18.8 Å². The van der Waals surface area contributed by atoms with Crippen molar-refractivity contribution in [1.29, 1.82) is 0 Å². The molecule has 1 aliphatic carbocycles. The quantitative estimate of drug-likeness (QED) is 0.201. The summed E-state index contributed by atoms with van der Waals surface area (Å²) in [7, 11) is 0. The summed E-state index contributed by atoms with van der Waals surface area (Å²) in [5, 5.41) is 13.3.